The van der Waals surface area contributed by atoms with E-state index < -0.39 is 11.4 Å². The lowest BCUT2D eigenvalue weighted by Gasteiger charge is -2.43. The molecule has 0 radical (unpaired) electrons. The molecule has 0 spiro atoms. The number of carbonyl (C=O) groups excluding carboxylic acids is 1. The van der Waals surface area contributed by atoms with Crippen LogP contribution < -0.4 is 10.1 Å². The molecule has 2 aromatic rings. The Morgan fingerprint density at radius 2 is 1.88 bits per heavy atom. The molecule has 2 aromatic carbocycles. The van der Waals surface area contributed by atoms with E-state index in [2.05, 4.69) is 5.32 Å². The van der Waals surface area contributed by atoms with Crippen molar-refractivity contribution in [1.29, 1.82) is 0 Å². The largest absolute Gasteiger partial charge is 0.457 e. The van der Waals surface area contributed by atoms with Crippen LogP contribution in [0.5, 0.6) is 11.5 Å². The number of halogens is 1. The number of methoxy groups -OCH3 is 1. The highest BCUT2D eigenvalue weighted by atomic mass is 19.1. The Labute approximate surface area is 252 Å². The molecule has 4 rings (SSSR count). The number of benzene rings is 2. The van der Waals surface area contributed by atoms with Crippen LogP contribution in [0, 0.1) is 23.6 Å². The van der Waals surface area contributed by atoms with Crippen molar-refractivity contribution in [2.75, 3.05) is 40.4 Å². The number of carbonyl (C=O) groups is 1. The second-order valence-electron chi connectivity index (χ2n) is 12.5. The molecule has 3 atom stereocenters. The van der Waals surface area contributed by atoms with Crippen LogP contribution >= 0.6 is 0 Å². The van der Waals surface area contributed by atoms with Crippen LogP contribution in [0.2, 0.25) is 0 Å². The highest BCUT2D eigenvalue weighted by Gasteiger charge is 2.43. The first-order valence-corrected chi connectivity index (χ1v) is 16.1. The van der Waals surface area contributed by atoms with Crippen molar-refractivity contribution in [2.45, 2.75) is 82.7 Å². The van der Waals surface area contributed by atoms with Crippen LogP contribution in [-0.4, -0.2) is 56.3 Å². The standard InChI is InChI=1S/C35H51FN2O4/c1-37-25-28(22-27-12-5-3-6-13-27)23-34(39)38-20-11-14-29(26-38)35(40,19-9-10-21-41-2)32-24-30(36)17-18-33(32)42-31-15-7-4-8-16-31/h4,7-8,15-18,24,27-29,37,40H,3,5-6,9-14,19-23,25-26H2,1-2H3/t28-,29-,35+/m1/s1. The van der Waals surface area contributed by atoms with Crippen molar-refractivity contribution in [3.63, 3.8) is 0 Å². The average Bonchev–Trinajstić information content (AvgIpc) is 3.01. The minimum atomic E-state index is -1.36. The van der Waals surface area contributed by atoms with Crippen molar-refractivity contribution in [1.82, 2.24) is 10.2 Å². The summed E-state index contributed by atoms with van der Waals surface area (Å²) in [6, 6.07) is 13.8. The molecule has 1 aliphatic heterocycles. The summed E-state index contributed by atoms with van der Waals surface area (Å²) < 4.78 is 26.3. The lowest BCUT2D eigenvalue weighted by molar-refractivity contribution is -0.138. The first-order chi connectivity index (χ1) is 20.4. The monoisotopic (exact) mass is 582 g/mol. The Balaban J connectivity index is 1.54. The lowest BCUT2D eigenvalue weighted by atomic mass is 9.73. The lowest BCUT2D eigenvalue weighted by Crippen LogP contribution is -2.48. The van der Waals surface area contributed by atoms with Crippen LogP contribution in [0.15, 0.2) is 48.5 Å². The second kappa shape index (κ2) is 16.4. The molecule has 0 unspecified atom stereocenters. The van der Waals surface area contributed by atoms with Gasteiger partial charge in [0.05, 0.1) is 5.60 Å². The van der Waals surface area contributed by atoms with Gasteiger partial charge in [-0.15, -0.1) is 0 Å². The smallest absolute Gasteiger partial charge is 0.222 e. The fraction of sp³-hybridized carbons (Fsp3) is 0.629. The quantitative estimate of drug-likeness (QED) is 0.220. The van der Waals surface area contributed by atoms with Gasteiger partial charge in [-0.2, -0.15) is 0 Å². The Hall–Kier alpha value is -2.48. The molecule has 1 saturated carbocycles. The van der Waals surface area contributed by atoms with Crippen molar-refractivity contribution >= 4 is 5.91 Å². The summed E-state index contributed by atoms with van der Waals surface area (Å²) in [6.07, 6.45) is 11.6. The van der Waals surface area contributed by atoms with Crippen LogP contribution in [0.4, 0.5) is 4.39 Å². The van der Waals surface area contributed by atoms with Gasteiger partial charge in [-0.3, -0.25) is 4.79 Å². The third-order valence-corrected chi connectivity index (χ3v) is 9.33. The van der Waals surface area contributed by atoms with Crippen LogP contribution in [-0.2, 0) is 15.1 Å². The van der Waals surface area contributed by atoms with E-state index >= 15 is 0 Å². The van der Waals surface area contributed by atoms with Crippen molar-refractivity contribution in [3.05, 3.63) is 59.9 Å². The van der Waals surface area contributed by atoms with Crippen LogP contribution in [0.25, 0.3) is 0 Å². The zero-order valence-electron chi connectivity index (χ0n) is 25.7. The normalized spacial score (nSPS) is 20.2. The van der Waals surface area contributed by atoms with Gasteiger partial charge in [0.15, 0.2) is 0 Å². The van der Waals surface area contributed by atoms with Crippen LogP contribution in [0.3, 0.4) is 0 Å². The Bertz CT molecular complexity index is 1090. The summed E-state index contributed by atoms with van der Waals surface area (Å²) in [7, 11) is 3.64. The Kier molecular flexibility index (Phi) is 12.7. The molecule has 6 nitrogen and oxygen atoms in total. The van der Waals surface area contributed by atoms with Gasteiger partial charge < -0.3 is 24.8 Å². The number of nitrogens with zero attached hydrogens (tertiary/aromatic N) is 1. The van der Waals surface area contributed by atoms with Crippen LogP contribution in [0.1, 0.15) is 82.6 Å². The first-order valence-electron chi connectivity index (χ1n) is 16.1. The van der Waals surface area contributed by atoms with Gasteiger partial charge in [0.25, 0.3) is 0 Å². The molecule has 2 fully saturated rings. The predicted octanol–water partition coefficient (Wildman–Crippen LogP) is 7.06. The van der Waals surface area contributed by atoms with Crippen molar-refractivity contribution < 1.29 is 23.8 Å². The number of para-hydroxylation sites is 1. The van der Waals surface area contributed by atoms with Gasteiger partial charge >= 0.3 is 0 Å². The van der Waals surface area contributed by atoms with Gasteiger partial charge in [0.2, 0.25) is 5.91 Å². The number of hydrogen-bond acceptors (Lipinski definition) is 5. The van der Waals surface area contributed by atoms with E-state index in [1.807, 2.05) is 42.3 Å². The summed E-state index contributed by atoms with van der Waals surface area (Å²) in [5.41, 5.74) is -0.904. The Morgan fingerprint density at radius 1 is 1.10 bits per heavy atom. The third-order valence-electron chi connectivity index (χ3n) is 9.33. The maximum Gasteiger partial charge on any atom is 0.222 e. The number of amides is 1. The molecule has 7 heteroatoms. The van der Waals surface area contributed by atoms with E-state index in [1.165, 1.54) is 44.2 Å². The van der Waals surface area contributed by atoms with Gasteiger partial charge in [0.1, 0.15) is 17.3 Å². The molecule has 2 aliphatic rings. The summed E-state index contributed by atoms with van der Waals surface area (Å²) in [5.74, 6) is 1.61. The van der Waals surface area contributed by atoms with Crippen molar-refractivity contribution in [3.8, 4) is 11.5 Å². The van der Waals surface area contributed by atoms with E-state index in [9.17, 15) is 14.3 Å². The third kappa shape index (κ3) is 9.01. The minimum absolute atomic E-state index is 0.164. The molecule has 2 N–H and O–H groups in total. The highest BCUT2D eigenvalue weighted by molar-refractivity contribution is 5.76. The van der Waals surface area contributed by atoms with Gasteiger partial charge in [-0.1, -0.05) is 50.3 Å². The molecule has 232 valence electrons. The number of hydrogen-bond donors (Lipinski definition) is 2. The average molecular weight is 583 g/mol. The number of piperidine rings is 1. The minimum Gasteiger partial charge on any atom is -0.457 e. The predicted molar refractivity (Wildman–Crippen MR) is 165 cm³/mol. The van der Waals surface area contributed by atoms with Gasteiger partial charge in [-0.25, -0.2) is 4.39 Å². The molecular weight excluding hydrogens is 531 g/mol. The SMILES string of the molecule is CNC[C@@H](CC(=O)N1CCC[C@@H]([C@@](O)(CCCCOC)c2cc(F)ccc2Oc2ccccc2)C1)CC1CCCCC1. The summed E-state index contributed by atoms with van der Waals surface area (Å²) >= 11 is 0. The molecule has 42 heavy (non-hydrogen) atoms. The molecule has 1 aliphatic carbocycles. The Morgan fingerprint density at radius 3 is 2.62 bits per heavy atom. The molecule has 0 bridgehead atoms. The van der Waals surface area contributed by atoms with Gasteiger partial charge in [0, 0.05) is 44.7 Å². The number of aliphatic hydroxyl groups is 1. The molecular formula is C35H51FN2O4. The molecule has 1 amide bonds. The zero-order chi connectivity index (χ0) is 29.8. The van der Waals surface area contributed by atoms with Gasteiger partial charge in [-0.05, 0) is 94.3 Å². The van der Waals surface area contributed by atoms with E-state index in [0.717, 1.165) is 32.2 Å². The molecule has 1 heterocycles. The first kappa shape index (κ1) is 32.4. The van der Waals surface area contributed by atoms with E-state index in [1.54, 1.807) is 13.2 Å². The summed E-state index contributed by atoms with van der Waals surface area (Å²) in [4.78, 5) is 15.7. The number of rotatable bonds is 15. The topological polar surface area (TPSA) is 71.0 Å². The highest BCUT2D eigenvalue weighted by Crippen LogP contribution is 2.45. The van der Waals surface area contributed by atoms with E-state index in [4.69, 9.17) is 9.47 Å². The second-order valence-corrected chi connectivity index (χ2v) is 12.5. The maximum atomic E-state index is 14.8. The number of nitrogens with one attached hydrogen (secondary N) is 1. The van der Waals surface area contributed by atoms with E-state index in [-0.39, 0.29) is 11.8 Å². The fourth-order valence-electron chi connectivity index (χ4n) is 7.14. The maximum absolute atomic E-state index is 14.8. The summed E-state index contributed by atoms with van der Waals surface area (Å²) in [5, 5.41) is 15.9. The number of unbranched alkanes of at least 4 members (excludes halogenated alkanes) is 1. The zero-order valence-corrected chi connectivity index (χ0v) is 25.7. The molecule has 0 aromatic heterocycles. The summed E-state index contributed by atoms with van der Waals surface area (Å²) in [6.45, 7) is 2.58. The number of ether oxygens (including phenoxy) is 2. The fourth-order valence-corrected chi connectivity index (χ4v) is 7.14. The van der Waals surface area contributed by atoms with E-state index in [0.29, 0.717) is 67.9 Å². The number of likely N-dealkylation sites (tertiary alicyclic amines) is 1. The molecule has 1 saturated heterocycles. The van der Waals surface area contributed by atoms with Crippen molar-refractivity contribution in [2.24, 2.45) is 17.8 Å².